The summed E-state index contributed by atoms with van der Waals surface area (Å²) in [6.07, 6.45) is 5.36. The first-order valence-corrected chi connectivity index (χ1v) is 11.9. The third-order valence-corrected chi connectivity index (χ3v) is 6.42. The quantitative estimate of drug-likeness (QED) is 0.313. The van der Waals surface area contributed by atoms with Gasteiger partial charge in [-0.25, -0.2) is 9.67 Å². The summed E-state index contributed by atoms with van der Waals surface area (Å²) < 4.78 is 14.1. The van der Waals surface area contributed by atoms with E-state index in [1.54, 1.807) is 43.2 Å². The predicted octanol–water partition coefficient (Wildman–Crippen LogP) is 4.96. The molecule has 0 saturated carbocycles. The van der Waals surface area contributed by atoms with Gasteiger partial charge < -0.3 is 19.4 Å². The van der Waals surface area contributed by atoms with Crippen LogP contribution in [0.4, 0.5) is 5.69 Å². The molecule has 0 spiro atoms. The fourth-order valence-corrected chi connectivity index (χ4v) is 4.51. The van der Waals surface area contributed by atoms with Crippen molar-refractivity contribution in [2.24, 2.45) is 0 Å². The van der Waals surface area contributed by atoms with Crippen LogP contribution < -0.4 is 14.8 Å². The third-order valence-electron chi connectivity index (χ3n) is 6.03. The molecule has 37 heavy (non-hydrogen) atoms. The molecule has 0 aliphatic heterocycles. The van der Waals surface area contributed by atoms with E-state index in [0.717, 1.165) is 28.0 Å². The molecule has 3 heterocycles. The summed E-state index contributed by atoms with van der Waals surface area (Å²) in [7, 11) is 3.24. The lowest BCUT2D eigenvalue weighted by Crippen LogP contribution is -2.13. The molecule has 5 rings (SSSR count). The molecular weight excluding hydrogens is 492 g/mol. The van der Waals surface area contributed by atoms with E-state index in [4.69, 9.17) is 21.1 Å². The fraction of sp³-hybridized carbons (Fsp3) is 0.185. The molecule has 0 fully saturated rings. The topological polar surface area (TPSA) is 96.1 Å². The molecule has 0 atom stereocenters. The van der Waals surface area contributed by atoms with Crippen LogP contribution in [0.25, 0.3) is 11.0 Å². The molecule has 188 valence electrons. The first-order chi connectivity index (χ1) is 17.9. The number of amides is 1. The van der Waals surface area contributed by atoms with Crippen molar-refractivity contribution >= 4 is 34.2 Å². The van der Waals surface area contributed by atoms with Crippen LogP contribution in [0.15, 0.2) is 67.1 Å². The molecule has 9 nitrogen and oxygen atoms in total. The molecular formula is C27H25ClN6O3. The maximum atomic E-state index is 12.9. The van der Waals surface area contributed by atoms with E-state index in [1.165, 1.54) is 6.20 Å². The van der Waals surface area contributed by atoms with Gasteiger partial charge in [0.15, 0.2) is 0 Å². The van der Waals surface area contributed by atoms with Crippen molar-refractivity contribution in [2.75, 3.05) is 19.5 Å². The van der Waals surface area contributed by atoms with Crippen LogP contribution in [0.3, 0.4) is 0 Å². The zero-order chi connectivity index (χ0) is 25.9. The van der Waals surface area contributed by atoms with Gasteiger partial charge in [-0.15, -0.1) is 5.10 Å². The SMILES string of the molecule is COc1ccc(Cn2cc(Cn3cc(C)c4c(Cl)c(C(=O)Nc5ccc(OC)cc5)cnc43)nn2)cc1. The summed E-state index contributed by atoms with van der Waals surface area (Å²) >= 11 is 6.71. The molecule has 1 N–H and O–H groups in total. The minimum Gasteiger partial charge on any atom is -0.497 e. The number of ether oxygens (including phenoxy) is 2. The molecule has 2 aromatic carbocycles. The van der Waals surface area contributed by atoms with Gasteiger partial charge in [0, 0.05) is 23.5 Å². The summed E-state index contributed by atoms with van der Waals surface area (Å²) in [5, 5.41) is 12.5. The Balaban J connectivity index is 1.34. The normalized spacial score (nSPS) is 11.0. The highest BCUT2D eigenvalue weighted by Gasteiger charge is 2.19. The first-order valence-electron chi connectivity index (χ1n) is 11.6. The maximum Gasteiger partial charge on any atom is 0.258 e. The van der Waals surface area contributed by atoms with Crippen LogP contribution in [0.2, 0.25) is 5.02 Å². The lowest BCUT2D eigenvalue weighted by molar-refractivity contribution is 0.102. The molecule has 0 aliphatic rings. The number of carbonyl (C=O) groups excluding carboxylic acids is 1. The summed E-state index contributed by atoms with van der Waals surface area (Å²) in [6.45, 7) is 3.00. The van der Waals surface area contributed by atoms with Gasteiger partial charge in [0.05, 0.1) is 44.1 Å². The average molecular weight is 517 g/mol. The van der Waals surface area contributed by atoms with Crippen LogP contribution in [-0.4, -0.2) is 44.7 Å². The summed E-state index contributed by atoms with van der Waals surface area (Å²) in [5.74, 6) is 1.18. The second-order valence-electron chi connectivity index (χ2n) is 8.56. The van der Waals surface area contributed by atoms with Gasteiger partial charge >= 0.3 is 0 Å². The number of rotatable bonds is 8. The zero-order valence-electron chi connectivity index (χ0n) is 20.6. The number of pyridine rings is 1. The van der Waals surface area contributed by atoms with Crippen molar-refractivity contribution < 1.29 is 14.3 Å². The highest BCUT2D eigenvalue weighted by Crippen LogP contribution is 2.31. The molecule has 5 aromatic rings. The van der Waals surface area contributed by atoms with Gasteiger partial charge in [-0.3, -0.25) is 4.79 Å². The van der Waals surface area contributed by atoms with Gasteiger partial charge in [0.1, 0.15) is 22.8 Å². The number of halogens is 1. The van der Waals surface area contributed by atoms with Crippen molar-refractivity contribution in [3.8, 4) is 11.5 Å². The minimum atomic E-state index is -0.335. The van der Waals surface area contributed by atoms with Crippen molar-refractivity contribution in [2.45, 2.75) is 20.0 Å². The molecule has 3 aromatic heterocycles. The molecule has 0 aliphatic carbocycles. The second-order valence-corrected chi connectivity index (χ2v) is 8.94. The van der Waals surface area contributed by atoms with Crippen molar-refractivity contribution in [1.82, 2.24) is 24.5 Å². The summed E-state index contributed by atoms with van der Waals surface area (Å²) in [4.78, 5) is 17.5. The van der Waals surface area contributed by atoms with Crippen LogP contribution in [0.5, 0.6) is 11.5 Å². The highest BCUT2D eigenvalue weighted by atomic mass is 35.5. The number of aromatic nitrogens is 5. The van der Waals surface area contributed by atoms with E-state index in [9.17, 15) is 4.79 Å². The van der Waals surface area contributed by atoms with Crippen LogP contribution >= 0.6 is 11.6 Å². The standard InChI is InChI=1S/C27H25ClN6O3/c1-17-13-33(15-20-16-34(32-31-20)14-18-4-8-21(36-2)9-5-18)26-24(17)25(28)23(12-29-26)27(35)30-19-6-10-22(37-3)11-7-19/h4-13,16H,14-15H2,1-3H3,(H,30,35). The Morgan fingerprint density at radius 2 is 1.65 bits per heavy atom. The number of hydrogen-bond acceptors (Lipinski definition) is 6. The monoisotopic (exact) mass is 516 g/mol. The lowest BCUT2D eigenvalue weighted by Gasteiger charge is -2.09. The van der Waals surface area contributed by atoms with E-state index in [-0.39, 0.29) is 5.91 Å². The van der Waals surface area contributed by atoms with Gasteiger partial charge in [0.2, 0.25) is 0 Å². The predicted molar refractivity (Wildman–Crippen MR) is 142 cm³/mol. The third kappa shape index (κ3) is 5.12. The van der Waals surface area contributed by atoms with E-state index in [0.29, 0.717) is 40.8 Å². The number of methoxy groups -OCH3 is 2. The van der Waals surface area contributed by atoms with Gasteiger partial charge in [-0.05, 0) is 54.4 Å². The van der Waals surface area contributed by atoms with Gasteiger partial charge in [-0.1, -0.05) is 28.9 Å². The van der Waals surface area contributed by atoms with Crippen LogP contribution in [0.1, 0.15) is 27.2 Å². The Bertz CT molecular complexity index is 1560. The second kappa shape index (κ2) is 10.3. The molecule has 0 radical (unpaired) electrons. The molecule has 10 heteroatoms. The van der Waals surface area contributed by atoms with Gasteiger partial charge in [-0.2, -0.15) is 0 Å². The summed E-state index contributed by atoms with van der Waals surface area (Å²) in [6, 6.07) is 14.9. The lowest BCUT2D eigenvalue weighted by atomic mass is 10.1. The van der Waals surface area contributed by atoms with Crippen molar-refractivity contribution in [3.63, 3.8) is 0 Å². The average Bonchev–Trinajstić information content (AvgIpc) is 3.48. The Morgan fingerprint density at radius 3 is 2.32 bits per heavy atom. The smallest absolute Gasteiger partial charge is 0.258 e. The van der Waals surface area contributed by atoms with E-state index >= 15 is 0 Å². The number of nitrogens with one attached hydrogen (secondary N) is 1. The Morgan fingerprint density at radius 1 is 0.973 bits per heavy atom. The van der Waals surface area contributed by atoms with Crippen molar-refractivity contribution in [1.29, 1.82) is 0 Å². The van der Waals surface area contributed by atoms with E-state index in [1.807, 2.05) is 48.1 Å². The zero-order valence-corrected chi connectivity index (χ0v) is 21.4. The Kier molecular flexibility index (Phi) is 6.78. The number of carbonyl (C=O) groups is 1. The summed E-state index contributed by atoms with van der Waals surface area (Å²) in [5.41, 5.74) is 4.40. The van der Waals surface area contributed by atoms with Gasteiger partial charge in [0.25, 0.3) is 5.91 Å². The largest absolute Gasteiger partial charge is 0.497 e. The Hall–Kier alpha value is -4.37. The number of anilines is 1. The molecule has 0 saturated heterocycles. The number of benzene rings is 2. The number of aryl methyl sites for hydroxylation is 1. The van der Waals surface area contributed by atoms with Crippen LogP contribution in [0, 0.1) is 6.92 Å². The van der Waals surface area contributed by atoms with Crippen molar-refractivity contribution in [3.05, 3.63) is 94.5 Å². The highest BCUT2D eigenvalue weighted by molar-refractivity contribution is 6.39. The molecule has 0 bridgehead atoms. The molecule has 0 unspecified atom stereocenters. The Labute approximate surface area is 218 Å². The maximum absolute atomic E-state index is 12.9. The first kappa shape index (κ1) is 24.3. The molecule has 1 amide bonds. The number of hydrogen-bond donors (Lipinski definition) is 1. The van der Waals surface area contributed by atoms with E-state index < -0.39 is 0 Å². The van der Waals surface area contributed by atoms with Crippen LogP contribution in [-0.2, 0) is 13.1 Å². The number of nitrogens with zero attached hydrogens (tertiary/aromatic N) is 5. The van der Waals surface area contributed by atoms with E-state index in [2.05, 4.69) is 20.6 Å². The number of fused-ring (bicyclic) bond motifs is 1. The minimum absolute atomic E-state index is 0.302. The fourth-order valence-electron chi connectivity index (χ4n) is 4.14.